The lowest BCUT2D eigenvalue weighted by Crippen LogP contribution is -2.36. The molecule has 1 heterocycles. The van der Waals surface area contributed by atoms with Crippen molar-refractivity contribution in [2.45, 2.75) is 19.4 Å². The number of carbonyl (C=O) groups is 1. The Morgan fingerprint density at radius 3 is 2.60 bits per heavy atom. The number of benzene rings is 2. The van der Waals surface area contributed by atoms with E-state index >= 15 is 0 Å². The Labute approximate surface area is 118 Å². The molecule has 0 saturated heterocycles. The van der Waals surface area contributed by atoms with Gasteiger partial charge in [0.25, 0.3) is 0 Å². The van der Waals surface area contributed by atoms with Crippen molar-refractivity contribution in [3.8, 4) is 0 Å². The number of nitrogens with zero attached hydrogens (tertiary/aromatic N) is 1. The molecule has 3 nitrogen and oxygen atoms in total. The molecule has 0 amide bonds. The number of ether oxygens (including phenoxy) is 1. The van der Waals surface area contributed by atoms with Crippen LogP contribution in [0.4, 0.5) is 11.4 Å². The van der Waals surface area contributed by atoms with Gasteiger partial charge >= 0.3 is 5.97 Å². The molecular formula is C17H17NO2. The van der Waals surface area contributed by atoms with E-state index in [0.717, 1.165) is 11.4 Å². The summed E-state index contributed by atoms with van der Waals surface area (Å²) >= 11 is 0. The maximum Gasteiger partial charge on any atom is 0.329 e. The lowest BCUT2D eigenvalue weighted by Gasteiger charge is -2.26. The molecule has 2 aromatic rings. The Morgan fingerprint density at radius 2 is 1.85 bits per heavy atom. The van der Waals surface area contributed by atoms with E-state index in [1.165, 1.54) is 5.56 Å². The van der Waals surface area contributed by atoms with Crippen molar-refractivity contribution in [2.75, 3.05) is 11.5 Å². The highest BCUT2D eigenvalue weighted by Crippen LogP contribution is 2.38. The summed E-state index contributed by atoms with van der Waals surface area (Å²) in [5.41, 5.74) is 3.31. The number of carbonyl (C=O) groups excluding carboxylic acids is 1. The highest BCUT2D eigenvalue weighted by Gasteiger charge is 2.36. The predicted molar refractivity (Wildman–Crippen MR) is 79.1 cm³/mol. The summed E-state index contributed by atoms with van der Waals surface area (Å²) in [5.74, 6) is -0.160. The Hall–Kier alpha value is -2.29. The lowest BCUT2D eigenvalue weighted by molar-refractivity contribution is -0.144. The first-order chi connectivity index (χ1) is 9.81. The van der Waals surface area contributed by atoms with Crippen LogP contribution >= 0.6 is 0 Å². The molecule has 0 radical (unpaired) electrons. The molecule has 0 saturated carbocycles. The van der Waals surface area contributed by atoms with Crippen LogP contribution < -0.4 is 4.90 Å². The second-order valence-corrected chi connectivity index (χ2v) is 4.81. The SMILES string of the molecule is CCOC(=O)C1Cc2ccccc2N1c1ccccc1. The number of hydrogen-bond acceptors (Lipinski definition) is 3. The zero-order valence-corrected chi connectivity index (χ0v) is 11.5. The molecule has 1 atom stereocenters. The third-order valence-electron chi connectivity index (χ3n) is 3.57. The number of fused-ring (bicyclic) bond motifs is 1. The topological polar surface area (TPSA) is 29.5 Å². The second-order valence-electron chi connectivity index (χ2n) is 4.81. The van der Waals surface area contributed by atoms with Gasteiger partial charge in [-0.1, -0.05) is 36.4 Å². The van der Waals surface area contributed by atoms with Crippen LogP contribution in [-0.4, -0.2) is 18.6 Å². The first kappa shape index (κ1) is 12.7. The van der Waals surface area contributed by atoms with E-state index in [0.29, 0.717) is 13.0 Å². The molecule has 0 aliphatic carbocycles. The van der Waals surface area contributed by atoms with E-state index in [-0.39, 0.29) is 12.0 Å². The normalized spacial score (nSPS) is 16.9. The van der Waals surface area contributed by atoms with Gasteiger partial charge in [-0.25, -0.2) is 4.79 Å². The number of hydrogen-bond donors (Lipinski definition) is 0. The molecule has 1 unspecified atom stereocenters. The smallest absolute Gasteiger partial charge is 0.329 e. The molecule has 3 heteroatoms. The Kier molecular flexibility index (Phi) is 3.42. The summed E-state index contributed by atoms with van der Waals surface area (Å²) in [7, 11) is 0. The number of para-hydroxylation sites is 2. The van der Waals surface area contributed by atoms with Crippen molar-refractivity contribution in [1.29, 1.82) is 0 Å². The van der Waals surface area contributed by atoms with Crippen LogP contribution in [-0.2, 0) is 16.0 Å². The number of rotatable bonds is 3. The predicted octanol–water partition coefficient (Wildman–Crippen LogP) is 3.31. The summed E-state index contributed by atoms with van der Waals surface area (Å²) in [6.07, 6.45) is 0.698. The van der Waals surface area contributed by atoms with Crippen LogP contribution in [0.25, 0.3) is 0 Å². The fourth-order valence-corrected chi connectivity index (χ4v) is 2.72. The quantitative estimate of drug-likeness (QED) is 0.799. The Morgan fingerprint density at radius 1 is 1.15 bits per heavy atom. The van der Waals surface area contributed by atoms with Gasteiger partial charge in [-0.3, -0.25) is 0 Å². The molecule has 0 spiro atoms. The van der Waals surface area contributed by atoms with Crippen molar-refractivity contribution in [3.05, 3.63) is 60.2 Å². The van der Waals surface area contributed by atoms with Gasteiger partial charge in [0.1, 0.15) is 6.04 Å². The highest BCUT2D eigenvalue weighted by molar-refractivity contribution is 5.88. The van der Waals surface area contributed by atoms with Gasteiger partial charge in [-0.15, -0.1) is 0 Å². The molecular weight excluding hydrogens is 250 g/mol. The van der Waals surface area contributed by atoms with Gasteiger partial charge in [0.2, 0.25) is 0 Å². The Bertz CT molecular complexity index is 609. The van der Waals surface area contributed by atoms with Crippen LogP contribution in [0.2, 0.25) is 0 Å². The minimum Gasteiger partial charge on any atom is -0.464 e. The third-order valence-corrected chi connectivity index (χ3v) is 3.57. The minimum atomic E-state index is -0.269. The van der Waals surface area contributed by atoms with Crippen LogP contribution in [0.15, 0.2) is 54.6 Å². The molecule has 0 aromatic heterocycles. The molecule has 1 aliphatic heterocycles. The average Bonchev–Trinajstić information content (AvgIpc) is 2.88. The molecule has 20 heavy (non-hydrogen) atoms. The molecule has 0 fully saturated rings. The molecule has 1 aliphatic rings. The summed E-state index contributed by atoms with van der Waals surface area (Å²) in [4.78, 5) is 14.3. The van der Waals surface area contributed by atoms with Crippen molar-refractivity contribution in [2.24, 2.45) is 0 Å². The fraction of sp³-hybridized carbons (Fsp3) is 0.235. The lowest BCUT2D eigenvalue weighted by atomic mass is 10.1. The average molecular weight is 267 g/mol. The summed E-state index contributed by atoms with van der Waals surface area (Å²) in [5, 5.41) is 0. The minimum absolute atomic E-state index is 0.160. The van der Waals surface area contributed by atoms with E-state index in [1.807, 2.05) is 49.4 Å². The van der Waals surface area contributed by atoms with Crippen molar-refractivity contribution >= 4 is 17.3 Å². The van der Waals surface area contributed by atoms with E-state index in [9.17, 15) is 4.79 Å². The van der Waals surface area contributed by atoms with Gasteiger partial charge in [-0.05, 0) is 30.7 Å². The molecule has 0 N–H and O–H groups in total. The van der Waals surface area contributed by atoms with E-state index < -0.39 is 0 Å². The fourth-order valence-electron chi connectivity index (χ4n) is 2.72. The van der Waals surface area contributed by atoms with E-state index in [2.05, 4.69) is 17.0 Å². The molecule has 0 bridgehead atoms. The molecule has 102 valence electrons. The largest absolute Gasteiger partial charge is 0.464 e. The van der Waals surface area contributed by atoms with Crippen LogP contribution in [0, 0.1) is 0 Å². The van der Waals surface area contributed by atoms with Crippen LogP contribution in [0.3, 0.4) is 0 Å². The van der Waals surface area contributed by atoms with Crippen molar-refractivity contribution in [1.82, 2.24) is 0 Å². The second kappa shape index (κ2) is 5.37. The van der Waals surface area contributed by atoms with Gasteiger partial charge in [0.05, 0.1) is 6.61 Å². The maximum atomic E-state index is 12.2. The van der Waals surface area contributed by atoms with Gasteiger partial charge in [-0.2, -0.15) is 0 Å². The van der Waals surface area contributed by atoms with E-state index in [1.54, 1.807) is 0 Å². The maximum absolute atomic E-state index is 12.2. The summed E-state index contributed by atoms with van der Waals surface area (Å²) in [6, 6.07) is 17.9. The van der Waals surface area contributed by atoms with Crippen LogP contribution in [0.1, 0.15) is 12.5 Å². The molecule has 3 rings (SSSR count). The van der Waals surface area contributed by atoms with Gasteiger partial charge in [0.15, 0.2) is 0 Å². The summed E-state index contributed by atoms with van der Waals surface area (Å²) < 4.78 is 5.23. The Balaban J connectivity index is 2.03. The zero-order chi connectivity index (χ0) is 13.9. The van der Waals surface area contributed by atoms with Crippen LogP contribution in [0.5, 0.6) is 0 Å². The van der Waals surface area contributed by atoms with Crippen molar-refractivity contribution in [3.63, 3.8) is 0 Å². The molecule has 2 aromatic carbocycles. The number of anilines is 2. The first-order valence-corrected chi connectivity index (χ1v) is 6.90. The van der Waals surface area contributed by atoms with Crippen molar-refractivity contribution < 1.29 is 9.53 Å². The highest BCUT2D eigenvalue weighted by atomic mass is 16.5. The van der Waals surface area contributed by atoms with E-state index in [4.69, 9.17) is 4.74 Å². The third kappa shape index (κ3) is 2.16. The number of esters is 1. The van der Waals surface area contributed by atoms with Gasteiger partial charge < -0.3 is 9.64 Å². The van der Waals surface area contributed by atoms with Gasteiger partial charge in [0, 0.05) is 17.8 Å². The summed E-state index contributed by atoms with van der Waals surface area (Å²) in [6.45, 7) is 2.25. The zero-order valence-electron chi connectivity index (χ0n) is 11.5. The first-order valence-electron chi connectivity index (χ1n) is 6.90. The monoisotopic (exact) mass is 267 g/mol. The standard InChI is InChI=1S/C17H17NO2/c1-2-20-17(19)16-12-13-8-6-7-11-15(13)18(16)14-9-4-3-5-10-14/h3-11,16H,2,12H2,1H3.